The van der Waals surface area contributed by atoms with Crippen molar-refractivity contribution in [1.29, 1.82) is 0 Å². The van der Waals surface area contributed by atoms with Gasteiger partial charge < -0.3 is 10.6 Å². The summed E-state index contributed by atoms with van der Waals surface area (Å²) in [5.41, 5.74) is 5.07. The molecule has 0 saturated carbocycles. The number of nitrogens with two attached hydrogens (primary N) is 1. The van der Waals surface area contributed by atoms with Crippen molar-refractivity contribution in [3.63, 3.8) is 0 Å². The largest absolute Gasteiger partial charge is 0.369 e. The lowest BCUT2D eigenvalue weighted by atomic mass is 10.1. The molecule has 0 aromatic rings. The quantitative estimate of drug-likeness (QED) is 0.582. The van der Waals surface area contributed by atoms with Crippen LogP contribution < -0.4 is 5.73 Å². The van der Waals surface area contributed by atoms with Crippen molar-refractivity contribution in [1.82, 2.24) is 4.90 Å². The average Bonchev–Trinajstić information content (AvgIpc) is 2.46. The third kappa shape index (κ3) is 3.78. The molecular formula is C8H14N2O5S. The lowest BCUT2D eigenvalue weighted by Crippen LogP contribution is -2.30. The summed E-state index contributed by atoms with van der Waals surface area (Å²) in [5, 5.41) is 0. The Balaban J connectivity index is 2.39. The van der Waals surface area contributed by atoms with Crippen LogP contribution in [0.2, 0.25) is 0 Å². The number of rotatable bonds is 5. The van der Waals surface area contributed by atoms with Crippen molar-refractivity contribution in [3.8, 4) is 0 Å². The van der Waals surface area contributed by atoms with Crippen molar-refractivity contribution < 1.29 is 22.6 Å². The molecular weight excluding hydrogens is 236 g/mol. The summed E-state index contributed by atoms with van der Waals surface area (Å²) in [6, 6.07) is 0. The number of primary amides is 1. The lowest BCUT2D eigenvalue weighted by Gasteiger charge is -2.15. The van der Waals surface area contributed by atoms with Gasteiger partial charge in [-0.05, 0) is 6.42 Å². The maximum absolute atomic E-state index is 11.4. The Morgan fingerprint density at radius 3 is 2.62 bits per heavy atom. The SMILES string of the molecule is NC(=O)C1CC(=O)N(CCCS(=O)(=O)O)C1. The molecule has 8 heteroatoms. The van der Waals surface area contributed by atoms with Crippen LogP contribution in [-0.2, 0) is 19.7 Å². The van der Waals surface area contributed by atoms with Crippen LogP contribution in [0.25, 0.3) is 0 Å². The second kappa shape index (κ2) is 4.79. The molecule has 1 unspecified atom stereocenters. The number of likely N-dealkylation sites (tertiary alicyclic amines) is 1. The highest BCUT2D eigenvalue weighted by Gasteiger charge is 2.32. The molecule has 1 atom stereocenters. The normalized spacial score (nSPS) is 21.4. The van der Waals surface area contributed by atoms with Crippen LogP contribution in [0.1, 0.15) is 12.8 Å². The smallest absolute Gasteiger partial charge is 0.264 e. The fourth-order valence-corrected chi connectivity index (χ4v) is 2.11. The van der Waals surface area contributed by atoms with Crippen LogP contribution in [-0.4, -0.2) is 48.5 Å². The van der Waals surface area contributed by atoms with Gasteiger partial charge in [0.1, 0.15) is 0 Å². The molecule has 0 aliphatic carbocycles. The van der Waals surface area contributed by atoms with Crippen LogP contribution in [0.3, 0.4) is 0 Å². The second-order valence-corrected chi connectivity index (χ2v) is 5.35. The summed E-state index contributed by atoms with van der Waals surface area (Å²) >= 11 is 0. The summed E-state index contributed by atoms with van der Waals surface area (Å²) in [6.07, 6.45) is 0.233. The Hall–Kier alpha value is -1.15. The van der Waals surface area contributed by atoms with E-state index in [0.717, 1.165) is 0 Å². The van der Waals surface area contributed by atoms with E-state index in [-0.39, 0.29) is 31.8 Å². The highest BCUT2D eigenvalue weighted by atomic mass is 32.2. The summed E-state index contributed by atoms with van der Waals surface area (Å²) in [7, 11) is -3.99. The van der Waals surface area contributed by atoms with Crippen LogP contribution in [0.4, 0.5) is 0 Å². The molecule has 92 valence electrons. The van der Waals surface area contributed by atoms with Crippen molar-refractivity contribution >= 4 is 21.9 Å². The number of hydrogen-bond acceptors (Lipinski definition) is 4. The van der Waals surface area contributed by atoms with Crippen molar-refractivity contribution in [2.75, 3.05) is 18.8 Å². The number of nitrogens with zero attached hydrogens (tertiary/aromatic N) is 1. The third-order valence-corrected chi connectivity index (χ3v) is 3.25. The zero-order valence-corrected chi connectivity index (χ0v) is 9.44. The van der Waals surface area contributed by atoms with Gasteiger partial charge in [-0.1, -0.05) is 0 Å². The molecule has 16 heavy (non-hydrogen) atoms. The van der Waals surface area contributed by atoms with E-state index in [0.29, 0.717) is 0 Å². The first-order chi connectivity index (χ1) is 7.29. The Bertz CT molecular complexity index is 391. The standard InChI is InChI=1S/C8H14N2O5S/c9-8(12)6-4-7(11)10(5-6)2-1-3-16(13,14)15/h6H,1-5H2,(H2,9,12)(H,13,14,15). The molecule has 0 radical (unpaired) electrons. The molecule has 0 bridgehead atoms. The minimum absolute atomic E-state index is 0.0845. The molecule has 7 nitrogen and oxygen atoms in total. The summed E-state index contributed by atoms with van der Waals surface area (Å²) in [4.78, 5) is 23.6. The van der Waals surface area contributed by atoms with Crippen LogP contribution in [0.15, 0.2) is 0 Å². The summed E-state index contributed by atoms with van der Waals surface area (Å²) in [6.45, 7) is 0.446. The van der Waals surface area contributed by atoms with Crippen molar-refractivity contribution in [2.45, 2.75) is 12.8 Å². The topological polar surface area (TPSA) is 118 Å². The summed E-state index contributed by atoms with van der Waals surface area (Å²) in [5.74, 6) is -1.61. The van der Waals surface area contributed by atoms with Gasteiger partial charge in [-0.3, -0.25) is 14.1 Å². The fourth-order valence-electron chi connectivity index (χ4n) is 1.62. The van der Waals surface area contributed by atoms with Gasteiger partial charge in [-0.2, -0.15) is 8.42 Å². The highest BCUT2D eigenvalue weighted by Crippen LogP contribution is 2.17. The number of hydrogen-bond donors (Lipinski definition) is 2. The van der Waals surface area contributed by atoms with Gasteiger partial charge in [0, 0.05) is 19.5 Å². The first kappa shape index (κ1) is 12.9. The minimum Gasteiger partial charge on any atom is -0.369 e. The Kier molecular flexibility index (Phi) is 3.87. The van der Waals surface area contributed by atoms with E-state index in [9.17, 15) is 18.0 Å². The zero-order valence-electron chi connectivity index (χ0n) is 8.63. The minimum atomic E-state index is -3.99. The first-order valence-corrected chi connectivity index (χ1v) is 6.43. The van der Waals surface area contributed by atoms with E-state index in [1.165, 1.54) is 4.90 Å². The van der Waals surface area contributed by atoms with Gasteiger partial charge >= 0.3 is 0 Å². The Labute approximate surface area is 93.3 Å². The maximum atomic E-state index is 11.4. The Morgan fingerprint density at radius 2 is 2.19 bits per heavy atom. The highest BCUT2D eigenvalue weighted by molar-refractivity contribution is 7.85. The van der Waals surface area contributed by atoms with Gasteiger partial charge in [0.15, 0.2) is 0 Å². The molecule has 2 amide bonds. The van der Waals surface area contributed by atoms with E-state index in [4.69, 9.17) is 10.3 Å². The number of carbonyl (C=O) groups is 2. The second-order valence-electron chi connectivity index (χ2n) is 3.78. The number of carbonyl (C=O) groups excluding carboxylic acids is 2. The molecule has 0 aromatic heterocycles. The average molecular weight is 250 g/mol. The molecule has 1 aliphatic rings. The van der Waals surface area contributed by atoms with Crippen LogP contribution >= 0.6 is 0 Å². The van der Waals surface area contributed by atoms with E-state index < -0.39 is 27.7 Å². The van der Waals surface area contributed by atoms with Gasteiger partial charge in [0.25, 0.3) is 10.1 Å². The molecule has 1 saturated heterocycles. The third-order valence-electron chi connectivity index (χ3n) is 2.45. The van der Waals surface area contributed by atoms with Gasteiger partial charge in [0.05, 0.1) is 11.7 Å². The lowest BCUT2D eigenvalue weighted by molar-refractivity contribution is -0.128. The monoisotopic (exact) mass is 250 g/mol. The Morgan fingerprint density at radius 1 is 1.56 bits per heavy atom. The van der Waals surface area contributed by atoms with Crippen LogP contribution in [0.5, 0.6) is 0 Å². The molecule has 1 fully saturated rings. The number of amides is 2. The maximum Gasteiger partial charge on any atom is 0.264 e. The van der Waals surface area contributed by atoms with E-state index in [2.05, 4.69) is 0 Å². The van der Waals surface area contributed by atoms with Gasteiger partial charge in [-0.25, -0.2) is 0 Å². The van der Waals surface area contributed by atoms with Gasteiger partial charge in [0.2, 0.25) is 11.8 Å². The molecule has 1 aliphatic heterocycles. The van der Waals surface area contributed by atoms with Crippen molar-refractivity contribution in [2.24, 2.45) is 11.7 Å². The van der Waals surface area contributed by atoms with E-state index >= 15 is 0 Å². The zero-order chi connectivity index (χ0) is 12.3. The predicted octanol–water partition coefficient (Wildman–Crippen LogP) is -1.40. The molecule has 1 heterocycles. The fraction of sp³-hybridized carbons (Fsp3) is 0.750. The molecule has 1 rings (SSSR count). The van der Waals surface area contributed by atoms with Crippen molar-refractivity contribution in [3.05, 3.63) is 0 Å². The van der Waals surface area contributed by atoms with E-state index in [1.54, 1.807) is 0 Å². The molecule has 0 spiro atoms. The van der Waals surface area contributed by atoms with Gasteiger partial charge in [-0.15, -0.1) is 0 Å². The van der Waals surface area contributed by atoms with E-state index in [1.807, 2.05) is 0 Å². The summed E-state index contributed by atoms with van der Waals surface area (Å²) < 4.78 is 29.4. The predicted molar refractivity (Wildman–Crippen MR) is 54.9 cm³/mol. The molecule has 0 aromatic carbocycles. The first-order valence-electron chi connectivity index (χ1n) is 4.82. The molecule has 3 N–H and O–H groups in total. The van der Waals surface area contributed by atoms with Crippen LogP contribution in [0, 0.1) is 5.92 Å².